The van der Waals surface area contributed by atoms with Crippen LogP contribution in [0.5, 0.6) is 0 Å². The number of hydrogen-bond donors (Lipinski definition) is 3. The van der Waals surface area contributed by atoms with Gasteiger partial charge in [-0.25, -0.2) is 9.78 Å². The Morgan fingerprint density at radius 3 is 2.78 bits per heavy atom. The van der Waals surface area contributed by atoms with Gasteiger partial charge in [0.25, 0.3) is 0 Å². The zero-order valence-electron chi connectivity index (χ0n) is 10.0. The first-order chi connectivity index (χ1) is 8.47. The van der Waals surface area contributed by atoms with Gasteiger partial charge in [-0.15, -0.1) is 0 Å². The lowest BCUT2D eigenvalue weighted by molar-refractivity contribution is -0.141. The van der Waals surface area contributed by atoms with Crippen LogP contribution >= 0.6 is 0 Å². The van der Waals surface area contributed by atoms with E-state index in [2.05, 4.69) is 15.3 Å². The fourth-order valence-electron chi connectivity index (χ4n) is 1.83. The van der Waals surface area contributed by atoms with Gasteiger partial charge in [0, 0.05) is 6.92 Å². The second-order valence-corrected chi connectivity index (χ2v) is 4.07. The molecule has 94 valence electrons. The van der Waals surface area contributed by atoms with Crippen molar-refractivity contribution in [2.45, 2.75) is 19.9 Å². The molecule has 1 aromatic heterocycles. The van der Waals surface area contributed by atoms with Gasteiger partial charge >= 0.3 is 5.97 Å². The van der Waals surface area contributed by atoms with Gasteiger partial charge in [0.1, 0.15) is 5.82 Å². The molecule has 0 spiro atoms. The Morgan fingerprint density at radius 1 is 1.44 bits per heavy atom. The van der Waals surface area contributed by atoms with Gasteiger partial charge in [-0.2, -0.15) is 0 Å². The number of H-pyrrole nitrogens is 1. The number of nitrogens with one attached hydrogen (secondary N) is 2. The number of carboxylic acid groups (broad SMARTS) is 1. The topological polar surface area (TPSA) is 95.1 Å². The summed E-state index contributed by atoms with van der Waals surface area (Å²) in [6.45, 7) is 3.11. The minimum Gasteiger partial charge on any atom is -0.479 e. The molecular formula is C12H13N3O3. The number of hydrogen-bond acceptors (Lipinski definition) is 3. The zero-order chi connectivity index (χ0) is 13.3. The molecule has 1 unspecified atom stereocenters. The highest BCUT2D eigenvalue weighted by Crippen LogP contribution is 2.19. The van der Waals surface area contributed by atoms with E-state index in [0.717, 1.165) is 16.9 Å². The summed E-state index contributed by atoms with van der Waals surface area (Å²) in [6.07, 6.45) is 0. The van der Waals surface area contributed by atoms with Gasteiger partial charge in [0.05, 0.1) is 11.0 Å². The minimum absolute atomic E-state index is 0.386. The molecule has 0 radical (unpaired) electrons. The van der Waals surface area contributed by atoms with Gasteiger partial charge in [0.15, 0.2) is 6.04 Å². The number of carbonyl (C=O) groups excluding carboxylic acids is 1. The predicted molar refractivity (Wildman–Crippen MR) is 65.0 cm³/mol. The molecule has 0 bridgehead atoms. The Kier molecular flexibility index (Phi) is 3.01. The molecule has 18 heavy (non-hydrogen) atoms. The molecule has 0 aliphatic carbocycles. The molecule has 2 aromatic rings. The van der Waals surface area contributed by atoms with Gasteiger partial charge in [-0.1, -0.05) is 6.07 Å². The number of carboxylic acids is 1. The largest absolute Gasteiger partial charge is 0.479 e. The van der Waals surface area contributed by atoms with Crippen LogP contribution in [0.1, 0.15) is 24.4 Å². The van der Waals surface area contributed by atoms with Gasteiger partial charge in [-0.05, 0) is 24.6 Å². The third-order valence-corrected chi connectivity index (χ3v) is 2.55. The third-order valence-electron chi connectivity index (χ3n) is 2.55. The molecule has 0 saturated heterocycles. The van der Waals surface area contributed by atoms with Crippen LogP contribution in [0.15, 0.2) is 18.2 Å². The van der Waals surface area contributed by atoms with E-state index in [1.54, 1.807) is 18.2 Å². The van der Waals surface area contributed by atoms with E-state index in [-0.39, 0.29) is 5.91 Å². The summed E-state index contributed by atoms with van der Waals surface area (Å²) in [5, 5.41) is 11.5. The number of aryl methyl sites for hydroxylation is 1. The number of fused-ring (bicyclic) bond motifs is 1. The lowest BCUT2D eigenvalue weighted by Gasteiger charge is -2.13. The maximum atomic E-state index is 11.1. The zero-order valence-corrected chi connectivity index (χ0v) is 10.0. The lowest BCUT2D eigenvalue weighted by Crippen LogP contribution is -2.31. The maximum absolute atomic E-state index is 11.1. The Morgan fingerprint density at radius 2 is 2.17 bits per heavy atom. The number of rotatable bonds is 3. The summed E-state index contributed by atoms with van der Waals surface area (Å²) >= 11 is 0. The van der Waals surface area contributed by atoms with Gasteiger partial charge < -0.3 is 15.4 Å². The van der Waals surface area contributed by atoms with Crippen molar-refractivity contribution in [1.29, 1.82) is 0 Å². The van der Waals surface area contributed by atoms with Crippen LogP contribution in [0.4, 0.5) is 0 Å². The van der Waals surface area contributed by atoms with Crippen molar-refractivity contribution in [3.05, 3.63) is 29.6 Å². The Bertz CT molecular complexity index is 618. The quantitative estimate of drug-likeness (QED) is 0.757. The van der Waals surface area contributed by atoms with Crippen LogP contribution in [-0.2, 0) is 9.59 Å². The number of carbonyl (C=O) groups is 2. The van der Waals surface area contributed by atoms with Crippen molar-refractivity contribution >= 4 is 22.9 Å². The second-order valence-electron chi connectivity index (χ2n) is 4.07. The van der Waals surface area contributed by atoms with E-state index in [9.17, 15) is 9.59 Å². The molecule has 1 heterocycles. The van der Waals surface area contributed by atoms with Crippen molar-refractivity contribution in [3.63, 3.8) is 0 Å². The molecule has 6 nitrogen and oxygen atoms in total. The monoisotopic (exact) mass is 247 g/mol. The standard InChI is InChI=1S/C12H13N3O3/c1-6-13-9-4-3-8(5-10(9)14-6)11(12(17)18)15-7(2)16/h3-5,11H,1-2H3,(H,13,14)(H,15,16)(H,17,18). The summed E-state index contributed by atoms with van der Waals surface area (Å²) in [5.41, 5.74) is 2.03. The lowest BCUT2D eigenvalue weighted by atomic mass is 10.1. The molecule has 0 saturated carbocycles. The van der Waals surface area contributed by atoms with Crippen LogP contribution < -0.4 is 5.32 Å². The summed E-state index contributed by atoms with van der Waals surface area (Å²) in [6, 6.07) is 4.02. The van der Waals surface area contributed by atoms with Gasteiger partial charge in [-0.3, -0.25) is 4.79 Å². The molecule has 1 amide bonds. The van der Waals surface area contributed by atoms with Crippen LogP contribution in [-0.4, -0.2) is 27.0 Å². The van der Waals surface area contributed by atoms with Crippen molar-refractivity contribution in [2.24, 2.45) is 0 Å². The number of nitrogens with zero attached hydrogens (tertiary/aromatic N) is 1. The number of aromatic amines is 1. The molecule has 6 heteroatoms. The Hall–Kier alpha value is -2.37. The number of amides is 1. The summed E-state index contributed by atoms with van der Waals surface area (Å²) < 4.78 is 0. The average molecular weight is 247 g/mol. The smallest absolute Gasteiger partial charge is 0.330 e. The Labute approximate surface area is 103 Å². The fraction of sp³-hybridized carbons (Fsp3) is 0.250. The number of imidazole rings is 1. The molecule has 0 aliphatic heterocycles. The summed E-state index contributed by atoms with van der Waals surface area (Å²) in [5.74, 6) is -0.724. The minimum atomic E-state index is -1.10. The molecular weight excluding hydrogens is 234 g/mol. The first-order valence-corrected chi connectivity index (χ1v) is 5.43. The van der Waals surface area contributed by atoms with E-state index in [4.69, 9.17) is 5.11 Å². The van der Waals surface area contributed by atoms with Crippen LogP contribution in [0.25, 0.3) is 11.0 Å². The van der Waals surface area contributed by atoms with E-state index < -0.39 is 12.0 Å². The van der Waals surface area contributed by atoms with E-state index in [1.807, 2.05) is 6.92 Å². The molecule has 1 atom stereocenters. The van der Waals surface area contributed by atoms with Crippen molar-refractivity contribution < 1.29 is 14.7 Å². The average Bonchev–Trinajstić information content (AvgIpc) is 2.64. The second kappa shape index (κ2) is 4.48. The predicted octanol–water partition coefficient (Wildman–Crippen LogP) is 1.13. The SMILES string of the molecule is CC(=O)NC(C(=O)O)c1ccc2nc(C)[nH]c2c1. The number of aliphatic carboxylic acids is 1. The molecule has 1 aromatic carbocycles. The molecule has 2 rings (SSSR count). The normalized spacial score (nSPS) is 12.3. The van der Waals surface area contributed by atoms with Crippen molar-refractivity contribution in [1.82, 2.24) is 15.3 Å². The van der Waals surface area contributed by atoms with Crippen molar-refractivity contribution in [2.75, 3.05) is 0 Å². The van der Waals surface area contributed by atoms with Crippen LogP contribution in [0.3, 0.4) is 0 Å². The molecule has 0 aliphatic rings. The molecule has 0 fully saturated rings. The number of aromatic nitrogens is 2. The highest BCUT2D eigenvalue weighted by atomic mass is 16.4. The highest BCUT2D eigenvalue weighted by Gasteiger charge is 2.21. The number of benzene rings is 1. The summed E-state index contributed by atoms with van der Waals surface area (Å²) in [4.78, 5) is 29.4. The first-order valence-electron chi connectivity index (χ1n) is 5.43. The van der Waals surface area contributed by atoms with Crippen LogP contribution in [0, 0.1) is 6.92 Å². The first kappa shape index (κ1) is 12.1. The highest BCUT2D eigenvalue weighted by molar-refractivity contribution is 5.85. The fourth-order valence-corrected chi connectivity index (χ4v) is 1.83. The Balaban J connectivity index is 2.43. The molecule has 3 N–H and O–H groups in total. The van der Waals surface area contributed by atoms with Crippen molar-refractivity contribution in [3.8, 4) is 0 Å². The third kappa shape index (κ3) is 2.32. The van der Waals surface area contributed by atoms with E-state index in [0.29, 0.717) is 5.56 Å². The maximum Gasteiger partial charge on any atom is 0.330 e. The van der Waals surface area contributed by atoms with E-state index in [1.165, 1.54) is 6.92 Å². The van der Waals surface area contributed by atoms with Gasteiger partial charge in [0.2, 0.25) is 5.91 Å². The van der Waals surface area contributed by atoms with E-state index >= 15 is 0 Å². The van der Waals surface area contributed by atoms with Crippen LogP contribution in [0.2, 0.25) is 0 Å². The summed E-state index contributed by atoms with van der Waals surface area (Å²) in [7, 11) is 0.